The van der Waals surface area contributed by atoms with Crippen molar-refractivity contribution in [3.63, 3.8) is 0 Å². The van der Waals surface area contributed by atoms with Gasteiger partial charge in [0.05, 0.1) is 12.1 Å². The van der Waals surface area contributed by atoms with Gasteiger partial charge in [-0.3, -0.25) is 9.59 Å². The maximum Gasteiger partial charge on any atom is 0.255 e. The van der Waals surface area contributed by atoms with Crippen LogP contribution < -0.4 is 9.64 Å². The minimum Gasteiger partial charge on any atom is -0.497 e. The summed E-state index contributed by atoms with van der Waals surface area (Å²) in [6.45, 7) is 10.8. The summed E-state index contributed by atoms with van der Waals surface area (Å²) >= 11 is 6.16. The molecule has 1 N–H and O–H groups in total. The van der Waals surface area contributed by atoms with E-state index in [0.29, 0.717) is 40.4 Å². The van der Waals surface area contributed by atoms with E-state index in [2.05, 4.69) is 37.7 Å². The third-order valence-corrected chi connectivity index (χ3v) is 7.58. The summed E-state index contributed by atoms with van der Waals surface area (Å²) in [5.41, 5.74) is 2.10. The van der Waals surface area contributed by atoms with E-state index in [1.54, 1.807) is 49.4 Å². The zero-order chi connectivity index (χ0) is 30.2. The molecule has 40 heavy (non-hydrogen) atoms. The third kappa shape index (κ3) is 11.5. The maximum absolute atomic E-state index is 12.6. The topological polar surface area (TPSA) is 73.3 Å². The van der Waals surface area contributed by atoms with E-state index in [9.17, 15) is 14.7 Å². The van der Waals surface area contributed by atoms with Crippen LogP contribution in [0.2, 0.25) is 5.02 Å². The first kappa shape index (κ1) is 35.4. The first-order valence-corrected chi connectivity index (χ1v) is 14.7. The second-order valence-corrected chi connectivity index (χ2v) is 10.8. The van der Waals surface area contributed by atoms with Gasteiger partial charge in [-0.25, -0.2) is 0 Å². The SMILES string of the molecule is CC.CC(C)N(C)C.COc1cccc(C(O)C(=O)N(C)CCCC2CCN(c3ccc(C=O)c(Cl)c3)CC2)c1. The molecule has 224 valence electrons. The summed E-state index contributed by atoms with van der Waals surface area (Å²) in [6, 6.07) is 13.2. The number of amides is 1. The zero-order valence-electron chi connectivity index (χ0n) is 25.7. The van der Waals surface area contributed by atoms with E-state index >= 15 is 0 Å². The molecule has 1 aliphatic heterocycles. The number of aliphatic hydroxyl groups is 1. The Kier molecular flexibility index (Phi) is 16.5. The molecule has 2 aromatic rings. The zero-order valence-corrected chi connectivity index (χ0v) is 26.4. The fourth-order valence-corrected chi connectivity index (χ4v) is 4.40. The molecular formula is C32H50ClN3O4. The second-order valence-electron chi connectivity index (χ2n) is 10.4. The molecule has 0 saturated carbocycles. The molecule has 0 radical (unpaired) electrons. The van der Waals surface area contributed by atoms with Gasteiger partial charge in [-0.1, -0.05) is 37.6 Å². The number of benzene rings is 2. The Bertz CT molecular complexity index is 1020. The standard InChI is InChI=1S/C25H31ClN2O4.C5H13N.C2H6/c1-27(25(31)24(30)19-6-3-7-22(15-19)32-2)12-4-5-18-10-13-28(14-11-18)21-9-8-20(17-29)23(26)16-21;1-5(2)6(3)4;1-2/h3,6-9,15-18,24,30H,4-5,10-14H2,1-2H3;5H,1-4H3;1-2H3. The van der Waals surface area contributed by atoms with Gasteiger partial charge in [0.25, 0.3) is 5.91 Å². The number of carbonyl (C=O) groups excluding carboxylic acids is 2. The molecule has 0 aromatic heterocycles. The van der Waals surface area contributed by atoms with Gasteiger partial charge in [-0.05, 0) is 95.4 Å². The monoisotopic (exact) mass is 575 g/mol. The van der Waals surface area contributed by atoms with E-state index in [-0.39, 0.29) is 5.91 Å². The van der Waals surface area contributed by atoms with Crippen molar-refractivity contribution in [3.8, 4) is 5.75 Å². The average Bonchev–Trinajstić information content (AvgIpc) is 2.98. The lowest BCUT2D eigenvalue weighted by Crippen LogP contribution is -2.35. The Morgan fingerprint density at radius 1 is 1.12 bits per heavy atom. The average molecular weight is 576 g/mol. The normalized spacial score (nSPS) is 14.1. The smallest absolute Gasteiger partial charge is 0.255 e. The van der Waals surface area contributed by atoms with Crippen LogP contribution in [0.25, 0.3) is 0 Å². The van der Waals surface area contributed by atoms with Crippen LogP contribution in [-0.2, 0) is 4.79 Å². The van der Waals surface area contributed by atoms with Gasteiger partial charge in [0, 0.05) is 44.0 Å². The fraction of sp³-hybridized carbons (Fsp3) is 0.562. The summed E-state index contributed by atoms with van der Waals surface area (Å²) in [7, 11) is 7.44. The number of likely N-dealkylation sites (N-methyl/N-ethyl adjacent to an activating group) is 1. The van der Waals surface area contributed by atoms with E-state index in [1.807, 2.05) is 26.0 Å². The summed E-state index contributed by atoms with van der Waals surface area (Å²) in [6.07, 6.45) is 3.70. The molecule has 8 heteroatoms. The molecule has 0 bridgehead atoms. The molecule has 1 amide bonds. The Balaban J connectivity index is 0.000000885. The lowest BCUT2D eigenvalue weighted by molar-refractivity contribution is -0.139. The Morgan fingerprint density at radius 2 is 1.75 bits per heavy atom. The summed E-state index contributed by atoms with van der Waals surface area (Å²) in [5, 5.41) is 10.9. The maximum atomic E-state index is 12.6. The molecule has 1 unspecified atom stereocenters. The Morgan fingerprint density at radius 3 is 2.27 bits per heavy atom. The molecule has 1 saturated heterocycles. The number of piperidine rings is 1. The van der Waals surface area contributed by atoms with E-state index < -0.39 is 6.10 Å². The Hall–Kier alpha value is -2.61. The van der Waals surface area contributed by atoms with Gasteiger partial charge in [0.1, 0.15) is 5.75 Å². The van der Waals surface area contributed by atoms with Crippen molar-refractivity contribution in [1.82, 2.24) is 9.80 Å². The number of hydrogen-bond donors (Lipinski definition) is 1. The number of rotatable bonds is 10. The predicted molar refractivity (Wildman–Crippen MR) is 167 cm³/mol. The van der Waals surface area contributed by atoms with Crippen molar-refractivity contribution in [1.29, 1.82) is 0 Å². The number of hydrogen-bond acceptors (Lipinski definition) is 6. The number of halogens is 1. The van der Waals surface area contributed by atoms with Gasteiger partial charge in [0.2, 0.25) is 0 Å². The molecule has 3 rings (SSSR count). The van der Waals surface area contributed by atoms with Crippen LogP contribution in [0.1, 0.15) is 75.4 Å². The van der Waals surface area contributed by atoms with E-state index in [0.717, 1.165) is 50.7 Å². The highest BCUT2D eigenvalue weighted by atomic mass is 35.5. The van der Waals surface area contributed by atoms with E-state index in [1.165, 1.54) is 0 Å². The van der Waals surface area contributed by atoms with Gasteiger partial charge in [-0.15, -0.1) is 0 Å². The number of nitrogens with zero attached hydrogens (tertiary/aromatic N) is 3. The molecule has 1 aliphatic rings. The summed E-state index contributed by atoms with van der Waals surface area (Å²) in [4.78, 5) is 29.6. The van der Waals surface area contributed by atoms with Gasteiger partial charge in [-0.2, -0.15) is 0 Å². The quantitative estimate of drug-likeness (QED) is 0.334. The fourth-order valence-electron chi connectivity index (χ4n) is 4.18. The van der Waals surface area contributed by atoms with Crippen LogP contribution >= 0.6 is 11.6 Å². The number of aliphatic hydroxyl groups excluding tert-OH is 1. The van der Waals surface area contributed by atoms with Crippen molar-refractivity contribution >= 4 is 29.5 Å². The van der Waals surface area contributed by atoms with Crippen LogP contribution in [0.4, 0.5) is 5.69 Å². The van der Waals surface area contributed by atoms with Crippen LogP contribution in [0.3, 0.4) is 0 Å². The minimum absolute atomic E-state index is 0.302. The minimum atomic E-state index is -1.18. The van der Waals surface area contributed by atoms with E-state index in [4.69, 9.17) is 16.3 Å². The van der Waals surface area contributed by atoms with Crippen molar-refractivity contribution < 1.29 is 19.4 Å². The summed E-state index contributed by atoms with van der Waals surface area (Å²) < 4.78 is 5.17. The molecule has 0 spiro atoms. The van der Waals surface area contributed by atoms with Crippen LogP contribution in [0, 0.1) is 5.92 Å². The molecule has 7 nitrogen and oxygen atoms in total. The third-order valence-electron chi connectivity index (χ3n) is 7.25. The lowest BCUT2D eigenvalue weighted by Gasteiger charge is -2.34. The van der Waals surface area contributed by atoms with Gasteiger partial charge in [0.15, 0.2) is 12.4 Å². The molecule has 1 heterocycles. The molecule has 2 aromatic carbocycles. The molecule has 0 aliphatic carbocycles. The number of methoxy groups -OCH3 is 1. The largest absolute Gasteiger partial charge is 0.497 e. The van der Waals surface area contributed by atoms with Crippen molar-refractivity contribution in [2.45, 2.75) is 65.5 Å². The number of anilines is 1. The number of ether oxygens (including phenoxy) is 1. The Labute approximate surface area is 247 Å². The molecule has 1 atom stereocenters. The highest BCUT2D eigenvalue weighted by molar-refractivity contribution is 6.33. The van der Waals surface area contributed by atoms with Gasteiger partial charge >= 0.3 is 0 Å². The number of aldehydes is 1. The highest BCUT2D eigenvalue weighted by Gasteiger charge is 2.23. The lowest BCUT2D eigenvalue weighted by atomic mass is 9.91. The highest BCUT2D eigenvalue weighted by Crippen LogP contribution is 2.29. The van der Waals surface area contributed by atoms with Crippen molar-refractivity contribution in [2.24, 2.45) is 5.92 Å². The first-order valence-electron chi connectivity index (χ1n) is 14.3. The molecular weight excluding hydrogens is 526 g/mol. The van der Waals surface area contributed by atoms with Crippen molar-refractivity contribution in [2.75, 3.05) is 52.8 Å². The number of carbonyl (C=O) groups is 2. The first-order chi connectivity index (χ1) is 19.1. The van der Waals surface area contributed by atoms with Crippen LogP contribution in [-0.4, -0.2) is 81.0 Å². The molecule has 1 fully saturated rings. The van der Waals surface area contributed by atoms with Crippen molar-refractivity contribution in [3.05, 3.63) is 58.6 Å². The van der Waals surface area contributed by atoms with Gasteiger partial charge < -0.3 is 24.5 Å². The van der Waals surface area contributed by atoms with Crippen LogP contribution in [0.15, 0.2) is 42.5 Å². The second kappa shape index (κ2) is 18.7. The van der Waals surface area contributed by atoms with Crippen LogP contribution in [0.5, 0.6) is 5.75 Å². The summed E-state index contributed by atoms with van der Waals surface area (Å²) in [5.74, 6) is 0.928. The predicted octanol–water partition coefficient (Wildman–Crippen LogP) is 6.33.